The molecular weight excluding hydrogens is 364 g/mol. The Bertz CT molecular complexity index is 873. The van der Waals surface area contributed by atoms with E-state index in [2.05, 4.69) is 15.6 Å². The normalized spacial score (nSPS) is 16.7. The van der Waals surface area contributed by atoms with E-state index in [4.69, 9.17) is 4.74 Å². The molecule has 0 aliphatic carbocycles. The van der Waals surface area contributed by atoms with Crippen LogP contribution in [0, 0.1) is 6.92 Å². The molecule has 1 aromatic carbocycles. The smallest absolute Gasteiger partial charge is 0.338 e. The van der Waals surface area contributed by atoms with Crippen LogP contribution < -0.4 is 15.2 Å². The molecule has 3 rings (SSSR count). The van der Waals surface area contributed by atoms with Gasteiger partial charge in [-0.25, -0.2) is 19.1 Å². The zero-order valence-electron chi connectivity index (χ0n) is 15.5. The standard InChI is InChI=1S/C19H22N4O3S/c1-4-26-17(24)15-14(11-27-19-20-9-10-23(19)3)21-18(25)22-16(15)13-7-5-12(2)6-8-13/h5-10,16H,4,11H2,1-3H3,(H2,21,22,24,25)/p+1. The van der Waals surface area contributed by atoms with E-state index in [0.29, 0.717) is 17.0 Å². The molecule has 0 bridgehead atoms. The van der Waals surface area contributed by atoms with E-state index in [-0.39, 0.29) is 12.6 Å². The molecule has 3 N–H and O–H groups in total. The summed E-state index contributed by atoms with van der Waals surface area (Å²) in [6.45, 7) is 4.02. The van der Waals surface area contributed by atoms with E-state index in [1.165, 1.54) is 11.8 Å². The van der Waals surface area contributed by atoms with Crippen LogP contribution in [0.15, 0.2) is 53.1 Å². The van der Waals surface area contributed by atoms with Crippen molar-refractivity contribution in [3.05, 3.63) is 59.1 Å². The third kappa shape index (κ3) is 4.33. The molecule has 8 heteroatoms. The summed E-state index contributed by atoms with van der Waals surface area (Å²) in [5.41, 5.74) is 2.94. The van der Waals surface area contributed by atoms with Crippen molar-refractivity contribution in [2.45, 2.75) is 25.0 Å². The molecule has 0 fully saturated rings. The number of aromatic amines is 1. The summed E-state index contributed by atoms with van der Waals surface area (Å²) in [6, 6.07) is 6.87. The van der Waals surface area contributed by atoms with Crippen LogP contribution in [0.2, 0.25) is 0 Å². The second-order valence-corrected chi connectivity index (χ2v) is 7.18. The molecule has 1 aromatic heterocycles. The van der Waals surface area contributed by atoms with E-state index < -0.39 is 12.0 Å². The lowest BCUT2D eigenvalue weighted by Crippen LogP contribution is -2.46. The maximum atomic E-state index is 12.7. The fraction of sp³-hybridized carbons (Fsp3) is 0.316. The van der Waals surface area contributed by atoms with Gasteiger partial charge in [-0.05, 0) is 31.2 Å². The topological polar surface area (TPSA) is 87.1 Å². The van der Waals surface area contributed by atoms with Crippen molar-refractivity contribution in [2.75, 3.05) is 12.4 Å². The van der Waals surface area contributed by atoms with Crippen molar-refractivity contribution < 1.29 is 18.9 Å². The van der Waals surface area contributed by atoms with Crippen LogP contribution >= 0.6 is 11.8 Å². The van der Waals surface area contributed by atoms with Gasteiger partial charge in [-0.2, -0.15) is 0 Å². The van der Waals surface area contributed by atoms with Gasteiger partial charge in [0.05, 0.1) is 25.3 Å². The molecule has 2 aromatic rings. The SMILES string of the molecule is CCOC(=O)C1=C(CSc2[nH]cc[n+]2C)NC(=O)NC1c1ccc(C)cc1. The summed E-state index contributed by atoms with van der Waals surface area (Å²) < 4.78 is 7.21. The number of urea groups is 1. The minimum atomic E-state index is -0.550. The molecule has 1 unspecified atom stereocenters. The Hall–Kier alpha value is -2.74. The van der Waals surface area contributed by atoms with Crippen molar-refractivity contribution in [1.82, 2.24) is 15.6 Å². The molecule has 27 heavy (non-hydrogen) atoms. The first-order valence-corrected chi connectivity index (χ1v) is 9.68. The number of carbonyl (C=O) groups is 2. The monoisotopic (exact) mass is 387 g/mol. The van der Waals surface area contributed by atoms with Gasteiger partial charge in [0.1, 0.15) is 12.4 Å². The predicted octanol–water partition coefficient (Wildman–Crippen LogP) is 2.11. The van der Waals surface area contributed by atoms with E-state index in [1.807, 2.05) is 55.2 Å². The van der Waals surface area contributed by atoms with E-state index in [0.717, 1.165) is 16.3 Å². The second kappa shape index (κ2) is 8.30. The zero-order chi connectivity index (χ0) is 19.4. The quantitative estimate of drug-likeness (QED) is 0.403. The molecule has 0 saturated carbocycles. The Labute approximate surface area is 162 Å². The molecule has 2 amide bonds. The summed E-state index contributed by atoms with van der Waals surface area (Å²) in [5, 5.41) is 6.55. The number of benzene rings is 1. The predicted molar refractivity (Wildman–Crippen MR) is 102 cm³/mol. The molecule has 1 aliphatic rings. The Morgan fingerprint density at radius 1 is 1.30 bits per heavy atom. The molecule has 142 valence electrons. The van der Waals surface area contributed by atoms with Gasteiger partial charge in [0, 0.05) is 11.4 Å². The van der Waals surface area contributed by atoms with Crippen LogP contribution in [-0.4, -0.2) is 29.3 Å². The van der Waals surface area contributed by atoms with Crippen molar-refractivity contribution >= 4 is 23.8 Å². The number of aromatic nitrogens is 2. The van der Waals surface area contributed by atoms with Crippen LogP contribution in [-0.2, 0) is 16.6 Å². The lowest BCUT2D eigenvalue weighted by atomic mass is 9.95. The van der Waals surface area contributed by atoms with Gasteiger partial charge in [0.25, 0.3) is 0 Å². The van der Waals surface area contributed by atoms with Crippen molar-refractivity contribution in [3.63, 3.8) is 0 Å². The van der Waals surface area contributed by atoms with Crippen molar-refractivity contribution in [2.24, 2.45) is 7.05 Å². The molecule has 7 nitrogen and oxygen atoms in total. The van der Waals surface area contributed by atoms with E-state index >= 15 is 0 Å². The minimum Gasteiger partial charge on any atom is -0.463 e. The highest BCUT2D eigenvalue weighted by Crippen LogP contribution is 2.30. The maximum Gasteiger partial charge on any atom is 0.338 e. The minimum absolute atomic E-state index is 0.267. The number of hydrogen-bond acceptors (Lipinski definition) is 4. The van der Waals surface area contributed by atoms with Crippen LogP contribution in [0.4, 0.5) is 4.79 Å². The summed E-state index contributed by atoms with van der Waals surface area (Å²) >= 11 is 1.50. The average Bonchev–Trinajstić information content (AvgIpc) is 3.05. The molecule has 0 spiro atoms. The number of aryl methyl sites for hydroxylation is 2. The molecule has 2 heterocycles. The van der Waals surface area contributed by atoms with Crippen LogP contribution in [0.3, 0.4) is 0 Å². The first kappa shape index (κ1) is 19.0. The molecule has 1 atom stereocenters. The number of carbonyl (C=O) groups excluding carboxylic acids is 2. The van der Waals surface area contributed by atoms with Gasteiger partial charge >= 0.3 is 17.2 Å². The lowest BCUT2D eigenvalue weighted by molar-refractivity contribution is -0.708. The first-order valence-electron chi connectivity index (χ1n) is 8.69. The third-order valence-electron chi connectivity index (χ3n) is 4.24. The molecular formula is C19H23N4O3S+. The Balaban J connectivity index is 1.97. The summed E-state index contributed by atoms with van der Waals surface area (Å²) in [4.78, 5) is 28.1. The van der Waals surface area contributed by atoms with Crippen LogP contribution in [0.25, 0.3) is 0 Å². The number of imidazole rings is 1. The molecule has 1 aliphatic heterocycles. The Morgan fingerprint density at radius 2 is 2.04 bits per heavy atom. The number of esters is 1. The van der Waals surface area contributed by atoms with Gasteiger partial charge in [0.15, 0.2) is 0 Å². The summed E-state index contributed by atoms with van der Waals surface area (Å²) in [5.74, 6) is 0.000181. The Kier molecular flexibility index (Phi) is 5.85. The number of hydrogen-bond donors (Lipinski definition) is 3. The van der Waals surface area contributed by atoms with Crippen molar-refractivity contribution in [3.8, 4) is 0 Å². The number of nitrogens with one attached hydrogen (secondary N) is 3. The highest BCUT2D eigenvalue weighted by molar-refractivity contribution is 7.99. The number of nitrogens with zero attached hydrogens (tertiary/aromatic N) is 1. The van der Waals surface area contributed by atoms with Gasteiger partial charge in [0.2, 0.25) is 0 Å². The van der Waals surface area contributed by atoms with E-state index in [1.54, 1.807) is 6.92 Å². The highest BCUT2D eigenvalue weighted by atomic mass is 32.2. The number of rotatable bonds is 6. The highest BCUT2D eigenvalue weighted by Gasteiger charge is 2.34. The first-order chi connectivity index (χ1) is 13.0. The number of ether oxygens (including phenoxy) is 1. The number of amides is 2. The molecule has 0 radical (unpaired) electrons. The fourth-order valence-corrected chi connectivity index (χ4v) is 3.79. The lowest BCUT2D eigenvalue weighted by Gasteiger charge is -2.29. The maximum absolute atomic E-state index is 12.7. The fourth-order valence-electron chi connectivity index (χ4n) is 2.86. The number of thioether (sulfide) groups is 1. The van der Waals surface area contributed by atoms with Gasteiger partial charge in [-0.15, -0.1) is 0 Å². The average molecular weight is 387 g/mol. The van der Waals surface area contributed by atoms with Gasteiger partial charge in [-0.3, -0.25) is 0 Å². The zero-order valence-corrected chi connectivity index (χ0v) is 16.4. The molecule has 0 saturated heterocycles. The Morgan fingerprint density at radius 3 is 2.67 bits per heavy atom. The van der Waals surface area contributed by atoms with Crippen LogP contribution in [0.1, 0.15) is 24.1 Å². The van der Waals surface area contributed by atoms with E-state index in [9.17, 15) is 9.59 Å². The number of H-pyrrole nitrogens is 1. The second-order valence-electron chi connectivity index (χ2n) is 6.22. The third-order valence-corrected chi connectivity index (χ3v) is 5.35. The summed E-state index contributed by atoms with van der Waals surface area (Å²) in [7, 11) is 1.93. The van der Waals surface area contributed by atoms with Gasteiger partial charge < -0.3 is 15.4 Å². The summed E-state index contributed by atoms with van der Waals surface area (Å²) in [6.07, 6.45) is 3.73. The largest absolute Gasteiger partial charge is 0.463 e. The van der Waals surface area contributed by atoms with Crippen molar-refractivity contribution in [1.29, 1.82) is 0 Å². The van der Waals surface area contributed by atoms with Gasteiger partial charge in [-0.1, -0.05) is 29.8 Å². The van der Waals surface area contributed by atoms with Crippen LogP contribution in [0.5, 0.6) is 0 Å².